The van der Waals surface area contributed by atoms with Crippen LogP contribution in [0.4, 0.5) is 4.39 Å². The number of nitrogens with one attached hydrogen (secondary N) is 1. The van der Waals surface area contributed by atoms with Gasteiger partial charge in [-0.05, 0) is 6.42 Å². The van der Waals surface area contributed by atoms with Crippen molar-refractivity contribution >= 4 is 5.97 Å². The Bertz CT molecular complexity index is 685. The lowest BCUT2D eigenvalue weighted by Gasteiger charge is -2.16. The zero-order valence-corrected chi connectivity index (χ0v) is 13.4. The minimum Gasteiger partial charge on any atom is -0.463 e. The average Bonchev–Trinajstić information content (AvgIpc) is 2.90. The van der Waals surface area contributed by atoms with Crippen LogP contribution in [0.2, 0.25) is 0 Å². The lowest BCUT2D eigenvalue weighted by atomic mass is 10.2. The van der Waals surface area contributed by atoms with Gasteiger partial charge in [-0.15, -0.1) is 0 Å². The van der Waals surface area contributed by atoms with Crippen LogP contribution >= 0.6 is 0 Å². The molecule has 1 aromatic rings. The van der Waals surface area contributed by atoms with Gasteiger partial charge in [0.05, 0.1) is 12.3 Å². The zero-order chi connectivity index (χ0) is 17.7. The van der Waals surface area contributed by atoms with Crippen LogP contribution in [-0.4, -0.2) is 39.4 Å². The number of hydrogen-bond acceptors (Lipinski definition) is 6. The van der Waals surface area contributed by atoms with Crippen molar-refractivity contribution in [2.75, 3.05) is 6.61 Å². The number of rotatable bonds is 7. The number of hydrogen-bond donors (Lipinski definition) is 2. The number of esters is 1. The Labute approximate surface area is 137 Å². The maximum atomic E-state index is 13.3. The Morgan fingerprint density at radius 1 is 1.50 bits per heavy atom. The zero-order valence-electron chi connectivity index (χ0n) is 13.4. The number of aliphatic hydroxyl groups excluding tert-OH is 1. The van der Waals surface area contributed by atoms with Crippen molar-refractivity contribution in [1.82, 2.24) is 9.55 Å². The van der Waals surface area contributed by atoms with Gasteiger partial charge < -0.3 is 14.6 Å². The van der Waals surface area contributed by atoms with Crippen LogP contribution in [0.3, 0.4) is 0 Å². The SMILES string of the molecule is CCCCCC(=O)OC[C@H]1O[C@@H](n2cc(F)c(=O)[nH]c2=O)C[C@@H]1O. The van der Waals surface area contributed by atoms with Crippen molar-refractivity contribution in [3.05, 3.63) is 32.9 Å². The largest absolute Gasteiger partial charge is 0.463 e. The molecule has 0 bridgehead atoms. The highest BCUT2D eigenvalue weighted by Crippen LogP contribution is 2.27. The van der Waals surface area contributed by atoms with Crippen molar-refractivity contribution in [3.63, 3.8) is 0 Å². The summed E-state index contributed by atoms with van der Waals surface area (Å²) in [5, 5.41) is 9.97. The van der Waals surface area contributed by atoms with E-state index in [-0.39, 0.29) is 19.0 Å². The van der Waals surface area contributed by atoms with E-state index in [1.807, 2.05) is 11.9 Å². The van der Waals surface area contributed by atoms with E-state index in [1.54, 1.807) is 0 Å². The van der Waals surface area contributed by atoms with Gasteiger partial charge in [0.1, 0.15) is 18.9 Å². The predicted octanol–water partition coefficient (Wildman–Crippen LogP) is 0.448. The van der Waals surface area contributed by atoms with E-state index in [9.17, 15) is 23.9 Å². The van der Waals surface area contributed by atoms with Crippen LogP contribution in [0.5, 0.6) is 0 Å². The fourth-order valence-corrected chi connectivity index (χ4v) is 2.48. The third-order valence-electron chi connectivity index (χ3n) is 3.83. The molecule has 8 nitrogen and oxygen atoms in total. The predicted molar refractivity (Wildman–Crippen MR) is 80.9 cm³/mol. The summed E-state index contributed by atoms with van der Waals surface area (Å²) in [7, 11) is 0. The number of carbonyl (C=O) groups excluding carboxylic acids is 1. The van der Waals surface area contributed by atoms with Gasteiger partial charge in [0, 0.05) is 12.8 Å². The van der Waals surface area contributed by atoms with E-state index in [2.05, 4.69) is 0 Å². The highest BCUT2D eigenvalue weighted by Gasteiger charge is 2.36. The van der Waals surface area contributed by atoms with Crippen LogP contribution in [0.25, 0.3) is 0 Å². The molecule has 2 heterocycles. The van der Waals surface area contributed by atoms with Crippen LogP contribution < -0.4 is 11.2 Å². The normalized spacial score (nSPS) is 23.4. The van der Waals surface area contributed by atoms with Crippen LogP contribution in [-0.2, 0) is 14.3 Å². The van der Waals surface area contributed by atoms with Crippen LogP contribution in [0.1, 0.15) is 45.3 Å². The van der Waals surface area contributed by atoms with Crippen molar-refractivity contribution in [3.8, 4) is 0 Å². The Balaban J connectivity index is 1.93. The highest BCUT2D eigenvalue weighted by molar-refractivity contribution is 5.69. The highest BCUT2D eigenvalue weighted by atomic mass is 19.1. The minimum atomic E-state index is -1.13. The van der Waals surface area contributed by atoms with E-state index in [1.165, 1.54) is 0 Å². The van der Waals surface area contributed by atoms with Crippen LogP contribution in [0.15, 0.2) is 15.8 Å². The first-order valence-electron chi connectivity index (χ1n) is 7.92. The van der Waals surface area contributed by atoms with E-state index >= 15 is 0 Å². The van der Waals surface area contributed by atoms with E-state index in [0.29, 0.717) is 6.42 Å². The van der Waals surface area contributed by atoms with Gasteiger partial charge >= 0.3 is 11.7 Å². The summed E-state index contributed by atoms with van der Waals surface area (Å²) in [5.41, 5.74) is -1.96. The fourth-order valence-electron chi connectivity index (χ4n) is 2.48. The van der Waals surface area contributed by atoms with Gasteiger partial charge in [-0.2, -0.15) is 4.39 Å². The topological polar surface area (TPSA) is 111 Å². The molecule has 1 aliphatic heterocycles. The number of unbranched alkanes of at least 4 members (excludes halogenated alkanes) is 2. The molecule has 0 radical (unpaired) electrons. The number of carbonyl (C=O) groups is 1. The molecule has 0 aliphatic carbocycles. The summed E-state index contributed by atoms with van der Waals surface area (Å²) in [6.07, 6.45) is 0.976. The molecule has 134 valence electrons. The van der Waals surface area contributed by atoms with Gasteiger partial charge in [0.15, 0.2) is 0 Å². The lowest BCUT2D eigenvalue weighted by Crippen LogP contribution is -2.34. The molecule has 2 rings (SSSR count). The van der Waals surface area contributed by atoms with Gasteiger partial charge in [0.2, 0.25) is 5.82 Å². The lowest BCUT2D eigenvalue weighted by molar-refractivity contribution is -0.150. The number of aromatic amines is 1. The Hall–Kier alpha value is -2.00. The molecule has 0 unspecified atom stereocenters. The molecule has 0 amide bonds. The molecule has 0 spiro atoms. The van der Waals surface area contributed by atoms with E-state index in [0.717, 1.165) is 30.0 Å². The summed E-state index contributed by atoms with van der Waals surface area (Å²) >= 11 is 0. The summed E-state index contributed by atoms with van der Waals surface area (Å²) in [4.78, 5) is 36.1. The van der Waals surface area contributed by atoms with Crippen molar-refractivity contribution < 1.29 is 23.8 Å². The summed E-state index contributed by atoms with van der Waals surface area (Å²) in [6, 6.07) is 0. The standard InChI is InChI=1S/C15H21FN2O6/c1-2-3-4-5-13(20)23-8-11-10(19)6-12(24-11)18-7-9(16)14(21)17-15(18)22/h7,10-12,19H,2-6,8H2,1H3,(H,17,21,22)/t10-,11+,12+/m0/s1. The molecule has 0 saturated carbocycles. The van der Waals surface area contributed by atoms with Crippen molar-refractivity contribution in [2.24, 2.45) is 0 Å². The first-order valence-corrected chi connectivity index (χ1v) is 7.92. The Morgan fingerprint density at radius 2 is 2.25 bits per heavy atom. The third-order valence-corrected chi connectivity index (χ3v) is 3.83. The Morgan fingerprint density at radius 3 is 2.96 bits per heavy atom. The monoisotopic (exact) mass is 344 g/mol. The molecule has 24 heavy (non-hydrogen) atoms. The van der Waals surface area contributed by atoms with Gasteiger partial charge in [-0.25, -0.2) is 4.79 Å². The quantitative estimate of drug-likeness (QED) is 0.549. The second-order valence-corrected chi connectivity index (χ2v) is 5.72. The number of nitrogens with zero attached hydrogens (tertiary/aromatic N) is 1. The molecule has 1 aromatic heterocycles. The molecule has 1 aliphatic rings. The molecule has 2 N–H and O–H groups in total. The Kier molecular flexibility index (Phi) is 6.27. The van der Waals surface area contributed by atoms with E-state index < -0.39 is 35.5 Å². The second-order valence-electron chi connectivity index (χ2n) is 5.72. The molecule has 1 saturated heterocycles. The van der Waals surface area contributed by atoms with Crippen molar-refractivity contribution in [1.29, 1.82) is 0 Å². The van der Waals surface area contributed by atoms with Gasteiger partial charge in [0.25, 0.3) is 5.56 Å². The maximum absolute atomic E-state index is 13.3. The summed E-state index contributed by atoms with van der Waals surface area (Å²) in [5.74, 6) is -1.51. The maximum Gasteiger partial charge on any atom is 0.330 e. The molecular formula is C15H21FN2O6. The first-order chi connectivity index (χ1) is 11.4. The number of ether oxygens (including phenoxy) is 2. The first kappa shape index (κ1) is 18.3. The summed E-state index contributed by atoms with van der Waals surface area (Å²) < 4.78 is 24.7. The van der Waals surface area contributed by atoms with E-state index in [4.69, 9.17) is 9.47 Å². The van der Waals surface area contributed by atoms with Gasteiger partial charge in [-0.3, -0.25) is 19.1 Å². The molecule has 3 atom stereocenters. The van der Waals surface area contributed by atoms with Crippen molar-refractivity contribution in [2.45, 2.75) is 57.5 Å². The minimum absolute atomic E-state index is 0.0173. The summed E-state index contributed by atoms with van der Waals surface area (Å²) in [6.45, 7) is 1.87. The average molecular weight is 344 g/mol. The number of aromatic nitrogens is 2. The third kappa shape index (κ3) is 4.51. The number of halogens is 1. The van der Waals surface area contributed by atoms with Crippen LogP contribution in [0, 0.1) is 5.82 Å². The van der Waals surface area contributed by atoms with Gasteiger partial charge in [-0.1, -0.05) is 19.8 Å². The molecule has 1 fully saturated rings. The molecule has 9 heteroatoms. The molecule has 0 aromatic carbocycles. The second kappa shape index (κ2) is 8.20. The number of H-pyrrole nitrogens is 1. The number of aliphatic hydroxyl groups is 1. The fraction of sp³-hybridized carbons (Fsp3) is 0.667. The molecular weight excluding hydrogens is 323 g/mol. The smallest absolute Gasteiger partial charge is 0.330 e.